The van der Waals surface area contributed by atoms with Crippen LogP contribution in [-0.4, -0.2) is 21.2 Å². The van der Waals surface area contributed by atoms with Crippen molar-refractivity contribution < 1.29 is 15.0 Å². The largest absolute Gasteiger partial charge is 0.477 e. The number of aromatic nitrogens is 1. The van der Waals surface area contributed by atoms with Crippen LogP contribution < -0.4 is 0 Å². The molecular formula is C6H7NO3S. The van der Waals surface area contributed by atoms with E-state index in [0.29, 0.717) is 5.01 Å². The van der Waals surface area contributed by atoms with Crippen LogP contribution in [0.2, 0.25) is 0 Å². The number of aliphatic hydroxyl groups is 1. The molecule has 1 aromatic heterocycles. The third-order valence-electron chi connectivity index (χ3n) is 1.09. The number of hydrogen-bond acceptors (Lipinski definition) is 4. The van der Waals surface area contributed by atoms with E-state index in [1.807, 2.05) is 0 Å². The first-order valence-electron chi connectivity index (χ1n) is 2.98. The van der Waals surface area contributed by atoms with Gasteiger partial charge in [0.2, 0.25) is 0 Å². The first-order chi connectivity index (χ1) is 5.11. The molecule has 0 saturated heterocycles. The van der Waals surface area contributed by atoms with Crippen LogP contribution in [0.5, 0.6) is 0 Å². The number of rotatable bonds is 2. The monoisotopic (exact) mass is 173 g/mol. The van der Waals surface area contributed by atoms with Crippen molar-refractivity contribution >= 4 is 17.3 Å². The van der Waals surface area contributed by atoms with Gasteiger partial charge in [-0.15, -0.1) is 11.3 Å². The minimum absolute atomic E-state index is 0.154. The van der Waals surface area contributed by atoms with Crippen molar-refractivity contribution in [2.75, 3.05) is 0 Å². The maximum absolute atomic E-state index is 10.3. The highest BCUT2D eigenvalue weighted by Gasteiger charge is 2.10. The molecule has 11 heavy (non-hydrogen) atoms. The number of carboxylic acids is 1. The first kappa shape index (κ1) is 8.16. The fourth-order valence-corrected chi connectivity index (χ4v) is 1.27. The topological polar surface area (TPSA) is 70.4 Å². The highest BCUT2D eigenvalue weighted by molar-refractivity contribution is 7.13. The van der Waals surface area contributed by atoms with Crippen molar-refractivity contribution in [1.82, 2.24) is 4.98 Å². The van der Waals surface area contributed by atoms with Crippen LogP contribution in [-0.2, 0) is 0 Å². The molecule has 2 N–H and O–H groups in total. The van der Waals surface area contributed by atoms with Crippen LogP contribution in [0.4, 0.5) is 0 Å². The summed E-state index contributed by atoms with van der Waals surface area (Å²) < 4.78 is 0. The fourth-order valence-electron chi connectivity index (χ4n) is 0.580. The van der Waals surface area contributed by atoms with Crippen LogP contribution in [0.1, 0.15) is 27.7 Å². The molecule has 0 aliphatic heterocycles. The van der Waals surface area contributed by atoms with E-state index in [-0.39, 0.29) is 4.88 Å². The fraction of sp³-hybridized carbons (Fsp3) is 0.333. The van der Waals surface area contributed by atoms with Gasteiger partial charge in [0, 0.05) is 0 Å². The lowest BCUT2D eigenvalue weighted by atomic mass is 10.4. The van der Waals surface area contributed by atoms with Crippen LogP contribution in [0.3, 0.4) is 0 Å². The van der Waals surface area contributed by atoms with E-state index in [1.165, 1.54) is 6.20 Å². The van der Waals surface area contributed by atoms with Gasteiger partial charge in [-0.05, 0) is 6.92 Å². The average Bonchev–Trinajstić information content (AvgIpc) is 2.33. The Kier molecular flexibility index (Phi) is 2.21. The molecule has 0 spiro atoms. The van der Waals surface area contributed by atoms with Gasteiger partial charge in [0.15, 0.2) is 0 Å². The summed E-state index contributed by atoms with van der Waals surface area (Å²) in [6.45, 7) is 1.55. The highest BCUT2D eigenvalue weighted by atomic mass is 32.1. The van der Waals surface area contributed by atoms with Crippen molar-refractivity contribution in [2.24, 2.45) is 0 Å². The van der Waals surface area contributed by atoms with Crippen LogP contribution >= 0.6 is 11.3 Å². The summed E-state index contributed by atoms with van der Waals surface area (Å²) in [6, 6.07) is 0. The van der Waals surface area contributed by atoms with Gasteiger partial charge in [0.25, 0.3) is 0 Å². The second-order valence-corrected chi connectivity index (χ2v) is 3.11. The molecule has 0 amide bonds. The van der Waals surface area contributed by atoms with E-state index in [1.54, 1.807) is 6.92 Å². The lowest BCUT2D eigenvalue weighted by Gasteiger charge is -1.94. The number of aromatic carboxylic acids is 1. The molecule has 1 atom stereocenters. The predicted octanol–water partition coefficient (Wildman–Crippen LogP) is 0.895. The summed E-state index contributed by atoms with van der Waals surface area (Å²) in [5.74, 6) is -1.01. The van der Waals surface area contributed by atoms with Crippen molar-refractivity contribution in [3.8, 4) is 0 Å². The van der Waals surface area contributed by atoms with Crippen molar-refractivity contribution in [3.63, 3.8) is 0 Å². The van der Waals surface area contributed by atoms with Gasteiger partial charge in [0.05, 0.1) is 6.20 Å². The standard InChI is InChI=1S/C6H7NO3S/c1-3(8)5-7-2-4(11-5)6(9)10/h2-3,8H,1H3,(H,9,10)/t3-/m1/s1. The van der Waals surface area contributed by atoms with E-state index in [9.17, 15) is 4.79 Å². The van der Waals surface area contributed by atoms with Gasteiger partial charge in [-0.2, -0.15) is 0 Å². The number of nitrogens with zero attached hydrogens (tertiary/aromatic N) is 1. The molecule has 1 rings (SSSR count). The second kappa shape index (κ2) is 2.98. The molecule has 1 aromatic rings. The Morgan fingerprint density at radius 1 is 1.82 bits per heavy atom. The van der Waals surface area contributed by atoms with Gasteiger partial charge in [-0.1, -0.05) is 0 Å². The maximum atomic E-state index is 10.3. The maximum Gasteiger partial charge on any atom is 0.347 e. The summed E-state index contributed by atoms with van der Waals surface area (Å²) in [7, 11) is 0. The molecule has 1 heterocycles. The highest BCUT2D eigenvalue weighted by Crippen LogP contribution is 2.18. The quantitative estimate of drug-likeness (QED) is 0.696. The Bertz CT molecular complexity index is 269. The molecule has 0 saturated carbocycles. The van der Waals surface area contributed by atoms with Crippen LogP contribution in [0.15, 0.2) is 6.20 Å². The van der Waals surface area contributed by atoms with Crippen LogP contribution in [0, 0.1) is 0 Å². The lowest BCUT2D eigenvalue weighted by Crippen LogP contribution is -1.90. The molecule has 60 valence electrons. The molecule has 0 fully saturated rings. The summed E-state index contributed by atoms with van der Waals surface area (Å²) in [4.78, 5) is 14.2. The molecule has 0 radical (unpaired) electrons. The summed E-state index contributed by atoms with van der Waals surface area (Å²) in [5, 5.41) is 17.9. The summed E-state index contributed by atoms with van der Waals surface area (Å²) in [5.41, 5.74) is 0. The van der Waals surface area contributed by atoms with E-state index < -0.39 is 12.1 Å². The van der Waals surface area contributed by atoms with E-state index >= 15 is 0 Å². The van der Waals surface area contributed by atoms with Crippen molar-refractivity contribution in [2.45, 2.75) is 13.0 Å². The Morgan fingerprint density at radius 2 is 2.45 bits per heavy atom. The summed E-state index contributed by atoms with van der Waals surface area (Å²) >= 11 is 0.988. The van der Waals surface area contributed by atoms with E-state index in [0.717, 1.165) is 11.3 Å². The Hall–Kier alpha value is -0.940. The van der Waals surface area contributed by atoms with Crippen molar-refractivity contribution in [1.29, 1.82) is 0 Å². The van der Waals surface area contributed by atoms with Gasteiger partial charge >= 0.3 is 5.97 Å². The number of thiazole rings is 1. The van der Waals surface area contributed by atoms with E-state index in [2.05, 4.69) is 4.98 Å². The summed E-state index contributed by atoms with van der Waals surface area (Å²) in [6.07, 6.45) is 0.558. The third kappa shape index (κ3) is 1.75. The lowest BCUT2D eigenvalue weighted by molar-refractivity contribution is 0.0702. The van der Waals surface area contributed by atoms with Crippen molar-refractivity contribution in [3.05, 3.63) is 16.1 Å². The molecular weight excluding hydrogens is 166 g/mol. The molecule has 5 heteroatoms. The third-order valence-corrected chi connectivity index (χ3v) is 2.25. The zero-order valence-electron chi connectivity index (χ0n) is 5.81. The Morgan fingerprint density at radius 3 is 2.73 bits per heavy atom. The predicted molar refractivity (Wildman–Crippen MR) is 39.7 cm³/mol. The first-order valence-corrected chi connectivity index (χ1v) is 3.80. The average molecular weight is 173 g/mol. The SMILES string of the molecule is C[C@@H](O)c1ncc(C(=O)O)s1. The molecule has 0 aliphatic rings. The molecule has 0 aliphatic carbocycles. The minimum atomic E-state index is -1.01. The molecule has 0 aromatic carbocycles. The van der Waals surface area contributed by atoms with Gasteiger partial charge in [-0.3, -0.25) is 0 Å². The van der Waals surface area contributed by atoms with Gasteiger partial charge < -0.3 is 10.2 Å². The number of hydrogen-bond donors (Lipinski definition) is 2. The van der Waals surface area contributed by atoms with Gasteiger partial charge in [0.1, 0.15) is 16.0 Å². The smallest absolute Gasteiger partial charge is 0.347 e. The van der Waals surface area contributed by atoms with Gasteiger partial charge in [-0.25, -0.2) is 9.78 Å². The number of carboxylic acid groups (broad SMARTS) is 1. The second-order valence-electron chi connectivity index (χ2n) is 2.04. The molecule has 0 bridgehead atoms. The Balaban J connectivity index is 2.90. The minimum Gasteiger partial charge on any atom is -0.477 e. The van der Waals surface area contributed by atoms with Crippen LogP contribution in [0.25, 0.3) is 0 Å². The zero-order valence-corrected chi connectivity index (χ0v) is 6.63. The molecule has 4 nitrogen and oxygen atoms in total. The zero-order chi connectivity index (χ0) is 8.43. The number of aliphatic hydroxyl groups excluding tert-OH is 1. The normalized spacial score (nSPS) is 12.9. The Labute approximate surface area is 67.1 Å². The molecule has 0 unspecified atom stereocenters. The van der Waals surface area contributed by atoms with E-state index in [4.69, 9.17) is 10.2 Å². The number of carbonyl (C=O) groups is 1.